The van der Waals surface area contributed by atoms with Crippen LogP contribution in [0.25, 0.3) is 0 Å². The molecule has 7 nitrogen and oxygen atoms in total. The Bertz CT molecular complexity index is 1130. The van der Waals surface area contributed by atoms with Gasteiger partial charge in [-0.3, -0.25) is 9.59 Å². The minimum Gasteiger partial charge on any atom is -0.322 e. The molecular formula is C22H21N3O4S. The van der Waals surface area contributed by atoms with Gasteiger partial charge in [0.1, 0.15) is 0 Å². The Morgan fingerprint density at radius 3 is 1.67 bits per heavy atom. The summed E-state index contributed by atoms with van der Waals surface area (Å²) in [4.78, 5) is 24.7. The molecule has 0 radical (unpaired) electrons. The number of rotatable bonds is 7. The first-order chi connectivity index (χ1) is 14.4. The molecule has 0 atom stereocenters. The Morgan fingerprint density at radius 2 is 1.17 bits per heavy atom. The van der Waals surface area contributed by atoms with Gasteiger partial charge in [-0.2, -0.15) is 0 Å². The molecular weight excluding hydrogens is 402 g/mol. The van der Waals surface area contributed by atoms with Crippen LogP contribution in [-0.4, -0.2) is 26.8 Å². The SMILES string of the molecule is CCNS(=O)(=O)c1ccc(NC(=O)c2ccc(NC(=O)c3ccccc3)cc2)cc1. The van der Waals surface area contributed by atoms with Crippen molar-refractivity contribution in [1.29, 1.82) is 0 Å². The lowest BCUT2D eigenvalue weighted by atomic mass is 10.1. The first kappa shape index (κ1) is 21.2. The van der Waals surface area contributed by atoms with Crippen LogP contribution in [0.1, 0.15) is 27.6 Å². The van der Waals surface area contributed by atoms with E-state index in [1.165, 1.54) is 24.3 Å². The Morgan fingerprint density at radius 1 is 0.700 bits per heavy atom. The molecule has 0 aliphatic rings. The summed E-state index contributed by atoms with van der Waals surface area (Å²) in [5.74, 6) is -0.585. The second-order valence-electron chi connectivity index (χ2n) is 6.38. The van der Waals surface area contributed by atoms with Crippen molar-refractivity contribution in [3.63, 3.8) is 0 Å². The highest BCUT2D eigenvalue weighted by atomic mass is 32.2. The molecule has 3 N–H and O–H groups in total. The second kappa shape index (κ2) is 9.34. The van der Waals surface area contributed by atoms with Gasteiger partial charge in [-0.25, -0.2) is 13.1 Å². The van der Waals surface area contributed by atoms with Crippen LogP contribution in [0.3, 0.4) is 0 Å². The summed E-state index contributed by atoms with van der Waals surface area (Å²) in [6, 6.07) is 21.2. The topological polar surface area (TPSA) is 104 Å². The zero-order valence-corrected chi connectivity index (χ0v) is 17.1. The number of benzene rings is 3. The fraction of sp³-hybridized carbons (Fsp3) is 0.0909. The third-order valence-electron chi connectivity index (χ3n) is 4.20. The summed E-state index contributed by atoms with van der Waals surface area (Å²) in [5.41, 5.74) is 1.98. The van der Waals surface area contributed by atoms with Gasteiger partial charge in [-0.05, 0) is 60.7 Å². The molecule has 0 saturated carbocycles. The maximum Gasteiger partial charge on any atom is 0.255 e. The van der Waals surface area contributed by atoms with Crippen molar-refractivity contribution in [2.24, 2.45) is 0 Å². The van der Waals surface area contributed by atoms with Gasteiger partial charge in [0.05, 0.1) is 4.90 Å². The third kappa shape index (κ3) is 5.31. The van der Waals surface area contributed by atoms with E-state index in [-0.39, 0.29) is 16.7 Å². The van der Waals surface area contributed by atoms with Gasteiger partial charge in [0.25, 0.3) is 11.8 Å². The van der Waals surface area contributed by atoms with Gasteiger partial charge in [0, 0.05) is 29.0 Å². The van der Waals surface area contributed by atoms with E-state index in [0.717, 1.165) is 0 Å². The monoisotopic (exact) mass is 423 g/mol. The summed E-state index contributed by atoms with van der Waals surface area (Å²) in [7, 11) is -3.54. The minimum atomic E-state index is -3.54. The quantitative estimate of drug-likeness (QED) is 0.541. The summed E-state index contributed by atoms with van der Waals surface area (Å²) in [6.45, 7) is 1.99. The number of hydrogen-bond acceptors (Lipinski definition) is 4. The lowest BCUT2D eigenvalue weighted by molar-refractivity contribution is 0.102. The van der Waals surface area contributed by atoms with E-state index in [0.29, 0.717) is 29.0 Å². The van der Waals surface area contributed by atoms with Crippen LogP contribution in [0.4, 0.5) is 11.4 Å². The van der Waals surface area contributed by atoms with Crippen molar-refractivity contribution < 1.29 is 18.0 Å². The van der Waals surface area contributed by atoms with Crippen molar-refractivity contribution in [2.45, 2.75) is 11.8 Å². The molecule has 2 amide bonds. The Balaban J connectivity index is 1.63. The maximum absolute atomic E-state index is 12.4. The standard InChI is InChI=1S/C22H21N3O4S/c1-2-23-30(28,29)20-14-12-19(13-15-20)25-22(27)17-8-10-18(11-9-17)24-21(26)16-6-4-3-5-7-16/h3-15,23H,2H2,1H3,(H,24,26)(H,25,27). The number of sulfonamides is 1. The van der Waals surface area contributed by atoms with Crippen molar-refractivity contribution in [1.82, 2.24) is 4.72 Å². The molecule has 0 bridgehead atoms. The average molecular weight is 423 g/mol. The predicted octanol–water partition coefficient (Wildman–Crippen LogP) is 3.49. The number of amides is 2. The molecule has 0 heterocycles. The van der Waals surface area contributed by atoms with E-state index >= 15 is 0 Å². The largest absolute Gasteiger partial charge is 0.322 e. The number of hydrogen-bond donors (Lipinski definition) is 3. The van der Waals surface area contributed by atoms with Crippen LogP contribution in [0.5, 0.6) is 0 Å². The van der Waals surface area contributed by atoms with Crippen molar-refractivity contribution in [2.75, 3.05) is 17.2 Å². The van der Waals surface area contributed by atoms with Crippen LogP contribution < -0.4 is 15.4 Å². The van der Waals surface area contributed by atoms with E-state index in [2.05, 4.69) is 15.4 Å². The smallest absolute Gasteiger partial charge is 0.255 e. The molecule has 3 aromatic carbocycles. The Labute approximate surface area is 175 Å². The van der Waals surface area contributed by atoms with Crippen LogP contribution in [0, 0.1) is 0 Å². The number of nitrogens with one attached hydrogen (secondary N) is 3. The molecule has 0 unspecified atom stereocenters. The van der Waals surface area contributed by atoms with E-state index < -0.39 is 10.0 Å². The Hall–Kier alpha value is -3.49. The van der Waals surface area contributed by atoms with Gasteiger partial charge in [-0.15, -0.1) is 0 Å². The zero-order valence-electron chi connectivity index (χ0n) is 16.3. The molecule has 0 spiro atoms. The average Bonchev–Trinajstić information content (AvgIpc) is 2.75. The number of carbonyl (C=O) groups excluding carboxylic acids is 2. The lowest BCUT2D eigenvalue weighted by Gasteiger charge is -2.09. The molecule has 154 valence electrons. The maximum atomic E-state index is 12.4. The molecule has 3 rings (SSSR count). The molecule has 3 aromatic rings. The van der Waals surface area contributed by atoms with Crippen molar-refractivity contribution in [3.05, 3.63) is 90.0 Å². The molecule has 0 aromatic heterocycles. The fourth-order valence-electron chi connectivity index (χ4n) is 2.69. The Kier molecular flexibility index (Phi) is 6.61. The van der Waals surface area contributed by atoms with Gasteiger partial charge in [-0.1, -0.05) is 25.1 Å². The zero-order chi connectivity index (χ0) is 21.6. The first-order valence-corrected chi connectivity index (χ1v) is 10.7. The molecule has 0 aliphatic heterocycles. The van der Waals surface area contributed by atoms with Crippen LogP contribution in [0.15, 0.2) is 83.8 Å². The second-order valence-corrected chi connectivity index (χ2v) is 8.14. The summed E-state index contributed by atoms with van der Waals surface area (Å²) < 4.78 is 26.3. The summed E-state index contributed by atoms with van der Waals surface area (Å²) in [5, 5.41) is 5.48. The van der Waals surface area contributed by atoms with Gasteiger partial charge < -0.3 is 10.6 Å². The minimum absolute atomic E-state index is 0.126. The predicted molar refractivity (Wildman–Crippen MR) is 116 cm³/mol. The van der Waals surface area contributed by atoms with E-state index in [1.807, 2.05) is 6.07 Å². The highest BCUT2D eigenvalue weighted by Gasteiger charge is 2.13. The molecule has 0 fully saturated rings. The summed E-state index contributed by atoms with van der Waals surface area (Å²) in [6.07, 6.45) is 0. The molecule has 0 saturated heterocycles. The summed E-state index contributed by atoms with van der Waals surface area (Å²) >= 11 is 0. The van der Waals surface area contributed by atoms with Crippen molar-refractivity contribution >= 4 is 33.2 Å². The van der Waals surface area contributed by atoms with Gasteiger partial charge >= 0.3 is 0 Å². The fourth-order valence-corrected chi connectivity index (χ4v) is 3.73. The van der Waals surface area contributed by atoms with Gasteiger partial charge in [0.2, 0.25) is 10.0 Å². The molecule has 30 heavy (non-hydrogen) atoms. The molecule has 8 heteroatoms. The molecule has 0 aliphatic carbocycles. The van der Waals surface area contributed by atoms with Crippen LogP contribution in [0.2, 0.25) is 0 Å². The highest BCUT2D eigenvalue weighted by Crippen LogP contribution is 2.16. The van der Waals surface area contributed by atoms with E-state index in [9.17, 15) is 18.0 Å². The number of anilines is 2. The van der Waals surface area contributed by atoms with Gasteiger partial charge in [0.15, 0.2) is 0 Å². The van der Waals surface area contributed by atoms with E-state index in [4.69, 9.17) is 0 Å². The first-order valence-electron chi connectivity index (χ1n) is 9.26. The van der Waals surface area contributed by atoms with Crippen molar-refractivity contribution in [3.8, 4) is 0 Å². The highest BCUT2D eigenvalue weighted by molar-refractivity contribution is 7.89. The third-order valence-corrected chi connectivity index (χ3v) is 5.76. The normalized spacial score (nSPS) is 11.0. The van der Waals surface area contributed by atoms with Crippen LogP contribution >= 0.6 is 0 Å². The number of carbonyl (C=O) groups is 2. The van der Waals surface area contributed by atoms with Crippen LogP contribution in [-0.2, 0) is 10.0 Å². The lowest BCUT2D eigenvalue weighted by Crippen LogP contribution is -2.23. The van der Waals surface area contributed by atoms with E-state index in [1.54, 1.807) is 55.5 Å².